The molecule has 10 atom stereocenters. The number of carboxylic acid groups (broad SMARTS) is 3. The molecule has 90 heavy (non-hydrogen) atoms. The third-order valence-electron chi connectivity index (χ3n) is 13.6. The zero-order chi connectivity index (χ0) is 68.0. The maximum atomic E-state index is 14.5. The first kappa shape index (κ1) is 78.9. The van der Waals surface area contributed by atoms with Crippen LogP contribution in [0.15, 0.2) is 35.3 Å². The van der Waals surface area contributed by atoms with E-state index in [0.717, 1.165) is 0 Å². The van der Waals surface area contributed by atoms with Crippen LogP contribution in [0.25, 0.3) is 0 Å². The van der Waals surface area contributed by atoms with Crippen LogP contribution in [0.2, 0.25) is 0 Å². The molecule has 0 aliphatic heterocycles. The summed E-state index contributed by atoms with van der Waals surface area (Å²) in [5.41, 5.74) is 45.1. The number of nitrogens with zero attached hydrogens (tertiary/aromatic N) is 1. The molecule has 0 radical (unpaired) electrons. The van der Waals surface area contributed by atoms with Crippen molar-refractivity contribution in [3.05, 3.63) is 35.9 Å². The highest BCUT2D eigenvalue weighted by Gasteiger charge is 2.37. The van der Waals surface area contributed by atoms with Crippen molar-refractivity contribution in [2.24, 2.45) is 56.8 Å². The van der Waals surface area contributed by atoms with Gasteiger partial charge in [0.2, 0.25) is 65.0 Å². The van der Waals surface area contributed by atoms with Crippen LogP contribution >= 0.6 is 0 Å². The molecule has 0 heterocycles. The van der Waals surface area contributed by atoms with Gasteiger partial charge >= 0.3 is 17.9 Å². The first-order valence-electron chi connectivity index (χ1n) is 29.4. The highest BCUT2D eigenvalue weighted by Crippen LogP contribution is 2.12. The lowest BCUT2D eigenvalue weighted by Gasteiger charge is -2.28. The van der Waals surface area contributed by atoms with Gasteiger partial charge < -0.3 is 109 Å². The maximum Gasteiger partial charge on any atom is 0.326 e. The van der Waals surface area contributed by atoms with E-state index in [1.165, 1.54) is 0 Å². The van der Waals surface area contributed by atoms with E-state index in [-0.39, 0.29) is 96.3 Å². The first-order chi connectivity index (χ1) is 42.4. The Morgan fingerprint density at radius 3 is 1.10 bits per heavy atom. The zero-order valence-electron chi connectivity index (χ0n) is 50.7. The highest BCUT2D eigenvalue weighted by atomic mass is 16.4. The standard InChI is InChI=1S/C55H92N18O17/c1-29(2)44(61)53(88)73-39(28-43(78)79)52(87)72-38(27-41(60)75)51(86)67-33(17-8-11-23-58)47(82)70-36(25-30-13-4-3-5-14-30)49(84)71-37(26-40(59)74)50(85)66-31(15-6-9-21-56)45(80)68-34(19-20-42(76)77)48(83)65-32(16-7-10-22-57)46(81)69-35(54(89)90)18-12-24-64-55(62)63/h3-5,13-14,29,31-39,44H,6-12,15-28,56-58,61H2,1-2H3,(H2,59,74)(H2,60,75)(H,65,83)(H,66,85)(H,67,86)(H,68,80)(H,69,81)(H,70,82)(H,71,84)(H,72,87)(H,73,88)(H,76,77)(H,78,79)(H,89,90)(H4,62,63,64)/t31-,32-,33-,34-,35-,36-,37-,38-,39-,44-/m0/s1. The Balaban J connectivity index is 3.72. The number of unbranched alkanes of at least 4 members (excludes halogenated alkanes) is 3. The lowest BCUT2D eigenvalue weighted by molar-refractivity contribution is -0.142. The summed E-state index contributed by atoms with van der Waals surface area (Å²) < 4.78 is 0. The number of nitrogens with one attached hydrogen (secondary N) is 9. The quantitative estimate of drug-likeness (QED) is 0.0164. The topological polar surface area (TPSA) is 628 Å². The van der Waals surface area contributed by atoms with Crippen molar-refractivity contribution in [2.75, 3.05) is 26.2 Å². The number of carbonyl (C=O) groups excluding carboxylic acids is 11. The van der Waals surface area contributed by atoms with Crippen LogP contribution in [0.3, 0.4) is 0 Å². The number of nitrogens with two attached hydrogens (primary N) is 8. The molecule has 35 heteroatoms. The molecule has 1 aromatic rings. The number of amides is 11. The number of carboxylic acids is 3. The van der Waals surface area contributed by atoms with Gasteiger partial charge in [-0.2, -0.15) is 0 Å². The van der Waals surface area contributed by atoms with Crippen LogP contribution in [-0.4, -0.2) is 191 Å². The molecule has 0 aliphatic carbocycles. The Labute approximate surface area is 520 Å². The minimum absolute atomic E-state index is 0.0364. The Bertz CT molecular complexity index is 2610. The molecule has 0 spiro atoms. The molecule has 0 aliphatic rings. The third-order valence-corrected chi connectivity index (χ3v) is 13.6. The van der Waals surface area contributed by atoms with Crippen molar-refractivity contribution in [2.45, 2.75) is 183 Å². The van der Waals surface area contributed by atoms with Crippen molar-refractivity contribution >= 4 is 88.8 Å². The third kappa shape index (κ3) is 32.2. The fourth-order valence-electron chi connectivity index (χ4n) is 8.60. The largest absolute Gasteiger partial charge is 0.481 e. The van der Waals surface area contributed by atoms with Crippen LogP contribution in [0.4, 0.5) is 0 Å². The number of aliphatic carboxylic acids is 3. The smallest absolute Gasteiger partial charge is 0.326 e. The van der Waals surface area contributed by atoms with Crippen LogP contribution < -0.4 is 93.7 Å². The predicted octanol–water partition coefficient (Wildman–Crippen LogP) is -6.81. The summed E-state index contributed by atoms with van der Waals surface area (Å²) in [6.07, 6.45) is -3.35. The molecule has 35 nitrogen and oxygen atoms in total. The van der Waals surface area contributed by atoms with Gasteiger partial charge in [0, 0.05) is 19.4 Å². The Morgan fingerprint density at radius 2 is 0.744 bits per heavy atom. The molecule has 0 bridgehead atoms. The number of hydrogen-bond acceptors (Lipinski definition) is 19. The maximum absolute atomic E-state index is 14.5. The minimum Gasteiger partial charge on any atom is -0.481 e. The van der Waals surface area contributed by atoms with Crippen LogP contribution in [0.5, 0.6) is 0 Å². The molecular formula is C55H92N18O17. The molecule has 11 amide bonds. The van der Waals surface area contributed by atoms with Crippen molar-refractivity contribution < 1.29 is 82.4 Å². The molecular weight excluding hydrogens is 1180 g/mol. The lowest BCUT2D eigenvalue weighted by atomic mass is 10.0. The molecule has 1 rings (SSSR count). The van der Waals surface area contributed by atoms with E-state index in [9.17, 15) is 82.4 Å². The summed E-state index contributed by atoms with van der Waals surface area (Å²) in [7, 11) is 0. The molecule has 0 unspecified atom stereocenters. The number of benzene rings is 1. The zero-order valence-corrected chi connectivity index (χ0v) is 50.7. The van der Waals surface area contributed by atoms with Gasteiger partial charge in [-0.3, -0.25) is 67.3 Å². The molecule has 0 fully saturated rings. The fraction of sp³-hybridized carbons (Fsp3) is 0.618. The summed E-state index contributed by atoms with van der Waals surface area (Å²) in [4.78, 5) is 190. The van der Waals surface area contributed by atoms with Gasteiger partial charge in [-0.1, -0.05) is 44.2 Å². The number of aliphatic imine (C=N–C) groups is 1. The van der Waals surface area contributed by atoms with Gasteiger partial charge in [-0.05, 0) is 108 Å². The van der Waals surface area contributed by atoms with Gasteiger partial charge in [-0.15, -0.1) is 0 Å². The van der Waals surface area contributed by atoms with E-state index < -0.39 is 181 Å². The van der Waals surface area contributed by atoms with Gasteiger partial charge in [0.05, 0.1) is 25.3 Å². The molecule has 0 aromatic heterocycles. The van der Waals surface area contributed by atoms with Crippen molar-refractivity contribution in [1.29, 1.82) is 0 Å². The first-order valence-corrected chi connectivity index (χ1v) is 29.4. The second kappa shape index (κ2) is 42.7. The average Bonchev–Trinajstić information content (AvgIpc) is 2.47. The summed E-state index contributed by atoms with van der Waals surface area (Å²) in [6.45, 7) is 3.64. The normalized spacial score (nSPS) is 14.3. The van der Waals surface area contributed by atoms with Gasteiger partial charge in [-0.25, -0.2) is 4.79 Å². The molecule has 28 N–H and O–H groups in total. The highest BCUT2D eigenvalue weighted by molar-refractivity contribution is 6.00. The van der Waals surface area contributed by atoms with Gasteiger partial charge in [0.15, 0.2) is 5.96 Å². The van der Waals surface area contributed by atoms with Crippen molar-refractivity contribution in [3.8, 4) is 0 Å². The van der Waals surface area contributed by atoms with Crippen molar-refractivity contribution in [1.82, 2.24) is 47.9 Å². The SMILES string of the molecule is CC(C)[C@H](N)C(=O)N[C@@H](CC(=O)O)C(=O)N[C@@H](CC(N)=O)C(=O)N[C@@H](CCCCN)C(=O)N[C@@H](Cc1ccccc1)C(=O)N[C@@H](CC(N)=O)C(=O)N[C@@H](CCCCN)C(=O)N[C@@H](CCC(=O)O)C(=O)N[C@@H](CCCCN)C(=O)N[C@@H](CCCN=C(N)N)C(=O)O. The molecule has 504 valence electrons. The number of hydrogen-bond donors (Lipinski definition) is 20. The minimum atomic E-state index is -1.90. The summed E-state index contributed by atoms with van der Waals surface area (Å²) in [6, 6.07) is -8.21. The van der Waals surface area contributed by atoms with Gasteiger partial charge in [0.25, 0.3) is 0 Å². The monoisotopic (exact) mass is 1280 g/mol. The number of carbonyl (C=O) groups is 14. The summed E-state index contributed by atoms with van der Waals surface area (Å²) >= 11 is 0. The van der Waals surface area contributed by atoms with Crippen LogP contribution in [-0.2, 0) is 73.5 Å². The second-order valence-corrected chi connectivity index (χ2v) is 21.5. The molecule has 1 aromatic carbocycles. The van der Waals surface area contributed by atoms with Crippen molar-refractivity contribution in [3.63, 3.8) is 0 Å². The Hall–Kier alpha value is -9.09. The van der Waals surface area contributed by atoms with Crippen LogP contribution in [0.1, 0.15) is 122 Å². The average molecular weight is 1280 g/mol. The summed E-state index contributed by atoms with van der Waals surface area (Å²) in [5, 5.41) is 50.5. The van der Waals surface area contributed by atoms with Crippen LogP contribution in [0, 0.1) is 5.92 Å². The van der Waals surface area contributed by atoms with E-state index in [0.29, 0.717) is 18.4 Å². The second-order valence-electron chi connectivity index (χ2n) is 21.5. The van der Waals surface area contributed by atoms with E-state index in [1.54, 1.807) is 44.2 Å². The number of primary amides is 2. The number of guanidine groups is 1. The molecule has 0 saturated heterocycles. The fourth-order valence-corrected chi connectivity index (χ4v) is 8.60. The van der Waals surface area contributed by atoms with E-state index in [4.69, 9.17) is 45.9 Å². The van der Waals surface area contributed by atoms with Gasteiger partial charge in [0.1, 0.15) is 54.4 Å². The van der Waals surface area contributed by atoms with E-state index in [2.05, 4.69) is 52.8 Å². The van der Waals surface area contributed by atoms with E-state index >= 15 is 0 Å². The summed E-state index contributed by atoms with van der Waals surface area (Å²) in [5.74, 6) is -17.1. The lowest BCUT2D eigenvalue weighted by Crippen LogP contribution is -2.61. The van der Waals surface area contributed by atoms with E-state index in [1.807, 2.05) is 0 Å². The Morgan fingerprint density at radius 1 is 0.411 bits per heavy atom. The predicted molar refractivity (Wildman–Crippen MR) is 323 cm³/mol. The molecule has 0 saturated carbocycles. The Kier molecular flexibility index (Phi) is 37.5. The number of rotatable bonds is 47.